The minimum atomic E-state index is -0.833. The van der Waals surface area contributed by atoms with Crippen LogP contribution < -0.4 is 0 Å². The highest BCUT2D eigenvalue weighted by Gasteiger charge is 2.14. The van der Waals surface area contributed by atoms with Crippen molar-refractivity contribution >= 4 is 5.97 Å². The van der Waals surface area contributed by atoms with Crippen molar-refractivity contribution in [3.05, 3.63) is 0 Å². The van der Waals surface area contributed by atoms with E-state index in [4.69, 9.17) is 9.84 Å². The molecular weight excluding hydrogens is 336 g/mol. The summed E-state index contributed by atoms with van der Waals surface area (Å²) in [5.74, 6) is -0.833. The van der Waals surface area contributed by atoms with Gasteiger partial charge in [-0.3, -0.25) is 0 Å². The zero-order valence-corrected chi connectivity index (χ0v) is 18.5. The van der Waals surface area contributed by atoms with E-state index in [9.17, 15) is 4.79 Å². The molecule has 0 fully saturated rings. The van der Waals surface area contributed by atoms with Gasteiger partial charge in [0.15, 0.2) is 6.10 Å². The van der Waals surface area contributed by atoms with Gasteiger partial charge in [0.2, 0.25) is 0 Å². The first-order valence-corrected chi connectivity index (χ1v) is 12.0. The highest BCUT2D eigenvalue weighted by atomic mass is 16.5. The Bertz CT molecular complexity index is 304. The second kappa shape index (κ2) is 21.7. The summed E-state index contributed by atoms with van der Waals surface area (Å²) in [5, 5.41) is 8.90. The Balaban J connectivity index is 3.10. The Morgan fingerprint density at radius 3 is 1.19 bits per heavy atom. The number of hydrogen-bond acceptors (Lipinski definition) is 2. The number of aliphatic carboxylic acids is 1. The molecule has 0 aliphatic rings. The van der Waals surface area contributed by atoms with Crippen molar-refractivity contribution in [3.63, 3.8) is 0 Å². The second-order valence-corrected chi connectivity index (χ2v) is 8.22. The summed E-state index contributed by atoms with van der Waals surface area (Å²) in [6.45, 7) is 2.28. The van der Waals surface area contributed by atoms with Crippen LogP contribution in [0.5, 0.6) is 0 Å². The van der Waals surface area contributed by atoms with Crippen LogP contribution in [0.2, 0.25) is 0 Å². The second-order valence-electron chi connectivity index (χ2n) is 8.22. The van der Waals surface area contributed by atoms with Gasteiger partial charge in [0, 0.05) is 7.11 Å². The van der Waals surface area contributed by atoms with Gasteiger partial charge in [-0.25, -0.2) is 4.79 Å². The summed E-state index contributed by atoms with van der Waals surface area (Å²) in [4.78, 5) is 10.8. The van der Waals surface area contributed by atoms with Crippen molar-refractivity contribution in [3.8, 4) is 0 Å². The van der Waals surface area contributed by atoms with E-state index >= 15 is 0 Å². The molecule has 0 aromatic heterocycles. The maximum Gasteiger partial charge on any atom is 0.332 e. The van der Waals surface area contributed by atoms with Crippen LogP contribution in [-0.2, 0) is 9.53 Å². The molecule has 0 unspecified atom stereocenters. The monoisotopic (exact) mass is 384 g/mol. The van der Waals surface area contributed by atoms with Gasteiger partial charge in [-0.15, -0.1) is 0 Å². The van der Waals surface area contributed by atoms with Gasteiger partial charge in [-0.05, 0) is 6.42 Å². The van der Waals surface area contributed by atoms with Gasteiger partial charge in [-0.1, -0.05) is 129 Å². The number of methoxy groups -OCH3 is 1. The standard InChI is InChI=1S/C24H48O3/c1-3-4-5-6-7-8-9-10-11-12-13-14-15-16-17-18-19-20-21-22-23(27-2)24(25)26/h23H,3-22H2,1-2H3,(H,25,26)/t23-/m1/s1. The summed E-state index contributed by atoms with van der Waals surface area (Å²) in [7, 11) is 1.48. The molecule has 0 spiro atoms. The first kappa shape index (κ1) is 26.4. The van der Waals surface area contributed by atoms with Gasteiger partial charge < -0.3 is 9.84 Å². The molecule has 0 bridgehead atoms. The molecule has 1 N–H and O–H groups in total. The molecule has 162 valence electrons. The Morgan fingerprint density at radius 1 is 0.630 bits per heavy atom. The third-order valence-electron chi connectivity index (χ3n) is 5.63. The third kappa shape index (κ3) is 20.0. The lowest BCUT2D eigenvalue weighted by Gasteiger charge is -2.09. The minimum absolute atomic E-state index is 0.615. The molecule has 0 aromatic rings. The molecule has 0 heterocycles. The van der Waals surface area contributed by atoms with E-state index in [0.717, 1.165) is 12.8 Å². The van der Waals surface area contributed by atoms with Crippen molar-refractivity contribution in [2.24, 2.45) is 0 Å². The Hall–Kier alpha value is -0.570. The average molecular weight is 385 g/mol. The number of carboxylic acid groups (broad SMARTS) is 1. The normalized spacial score (nSPS) is 12.4. The zero-order valence-electron chi connectivity index (χ0n) is 18.5. The molecule has 0 rings (SSSR count). The van der Waals surface area contributed by atoms with E-state index in [1.807, 2.05) is 0 Å². The third-order valence-corrected chi connectivity index (χ3v) is 5.63. The fourth-order valence-electron chi connectivity index (χ4n) is 3.75. The zero-order chi connectivity index (χ0) is 20.0. The van der Waals surface area contributed by atoms with E-state index in [2.05, 4.69) is 6.92 Å². The number of unbranched alkanes of at least 4 members (excludes halogenated alkanes) is 18. The summed E-state index contributed by atoms with van der Waals surface area (Å²) < 4.78 is 4.95. The predicted molar refractivity (Wildman–Crippen MR) is 116 cm³/mol. The Labute approximate surface area is 169 Å². The molecule has 0 amide bonds. The van der Waals surface area contributed by atoms with Crippen molar-refractivity contribution in [2.45, 2.75) is 141 Å². The van der Waals surface area contributed by atoms with Gasteiger partial charge in [-0.2, -0.15) is 0 Å². The van der Waals surface area contributed by atoms with E-state index < -0.39 is 12.1 Å². The number of ether oxygens (including phenoxy) is 1. The molecule has 3 heteroatoms. The lowest BCUT2D eigenvalue weighted by atomic mass is 10.0. The van der Waals surface area contributed by atoms with Crippen LogP contribution in [0.4, 0.5) is 0 Å². The number of rotatable bonds is 22. The van der Waals surface area contributed by atoms with E-state index in [1.54, 1.807) is 0 Å². The lowest BCUT2D eigenvalue weighted by Crippen LogP contribution is -2.21. The summed E-state index contributed by atoms with van der Waals surface area (Å²) >= 11 is 0. The average Bonchev–Trinajstić information content (AvgIpc) is 2.66. The van der Waals surface area contributed by atoms with Crippen LogP contribution in [0.15, 0.2) is 0 Å². The smallest absolute Gasteiger partial charge is 0.332 e. The highest BCUT2D eigenvalue weighted by Crippen LogP contribution is 2.15. The van der Waals surface area contributed by atoms with Gasteiger partial charge >= 0.3 is 5.97 Å². The summed E-state index contributed by atoms with van der Waals surface area (Å²) in [6, 6.07) is 0. The van der Waals surface area contributed by atoms with Crippen molar-refractivity contribution < 1.29 is 14.6 Å². The van der Waals surface area contributed by atoms with Gasteiger partial charge in [0.25, 0.3) is 0 Å². The first-order valence-electron chi connectivity index (χ1n) is 12.0. The van der Waals surface area contributed by atoms with Crippen LogP contribution in [0.25, 0.3) is 0 Å². The van der Waals surface area contributed by atoms with Crippen LogP contribution >= 0.6 is 0 Å². The molecule has 0 aliphatic carbocycles. The summed E-state index contributed by atoms with van der Waals surface area (Å²) in [6.07, 6.45) is 25.9. The fourth-order valence-corrected chi connectivity index (χ4v) is 3.75. The van der Waals surface area contributed by atoms with Crippen LogP contribution in [0, 0.1) is 0 Å². The van der Waals surface area contributed by atoms with Gasteiger partial charge in [0.05, 0.1) is 0 Å². The van der Waals surface area contributed by atoms with E-state index in [0.29, 0.717) is 6.42 Å². The SMILES string of the molecule is CCCCCCCCCCCCCCCCCCCCC[C@@H](OC)C(=O)O. The number of hydrogen-bond donors (Lipinski definition) is 1. The first-order chi connectivity index (χ1) is 13.2. The van der Waals surface area contributed by atoms with E-state index in [-0.39, 0.29) is 0 Å². The minimum Gasteiger partial charge on any atom is -0.479 e. The molecular formula is C24H48O3. The molecule has 0 aliphatic heterocycles. The number of carbonyl (C=O) groups is 1. The predicted octanol–water partition coefficient (Wildman–Crippen LogP) is 7.91. The quantitative estimate of drug-likeness (QED) is 0.193. The van der Waals surface area contributed by atoms with Crippen molar-refractivity contribution in [1.29, 1.82) is 0 Å². The highest BCUT2D eigenvalue weighted by molar-refractivity contribution is 5.72. The lowest BCUT2D eigenvalue weighted by molar-refractivity contribution is -0.148. The fraction of sp³-hybridized carbons (Fsp3) is 0.958. The Morgan fingerprint density at radius 2 is 0.926 bits per heavy atom. The van der Waals surface area contributed by atoms with Gasteiger partial charge in [0.1, 0.15) is 0 Å². The molecule has 3 nitrogen and oxygen atoms in total. The molecule has 0 aromatic carbocycles. The number of carboxylic acids is 1. The Kier molecular flexibility index (Phi) is 21.3. The molecule has 27 heavy (non-hydrogen) atoms. The van der Waals surface area contributed by atoms with Crippen LogP contribution in [0.3, 0.4) is 0 Å². The van der Waals surface area contributed by atoms with Crippen LogP contribution in [-0.4, -0.2) is 24.3 Å². The van der Waals surface area contributed by atoms with Crippen molar-refractivity contribution in [2.75, 3.05) is 7.11 Å². The van der Waals surface area contributed by atoms with Crippen molar-refractivity contribution in [1.82, 2.24) is 0 Å². The molecule has 0 saturated heterocycles. The van der Waals surface area contributed by atoms with Crippen LogP contribution in [0.1, 0.15) is 135 Å². The molecule has 1 atom stereocenters. The summed E-state index contributed by atoms with van der Waals surface area (Å²) in [5.41, 5.74) is 0. The largest absolute Gasteiger partial charge is 0.479 e. The maximum atomic E-state index is 10.8. The van der Waals surface area contributed by atoms with E-state index in [1.165, 1.54) is 116 Å². The topological polar surface area (TPSA) is 46.5 Å². The molecule has 0 radical (unpaired) electrons. The molecule has 0 saturated carbocycles. The maximum absolute atomic E-state index is 10.8.